The van der Waals surface area contributed by atoms with E-state index in [1.54, 1.807) is 24.3 Å². The lowest BCUT2D eigenvalue weighted by atomic mass is 10.2. The minimum atomic E-state index is -0.313. The van der Waals surface area contributed by atoms with E-state index in [2.05, 4.69) is 10.5 Å². The molecule has 0 aliphatic carbocycles. The predicted molar refractivity (Wildman–Crippen MR) is 68.2 cm³/mol. The van der Waals surface area contributed by atoms with Crippen molar-refractivity contribution in [3.63, 3.8) is 0 Å². The van der Waals surface area contributed by atoms with Crippen molar-refractivity contribution in [2.75, 3.05) is 6.61 Å². The summed E-state index contributed by atoms with van der Waals surface area (Å²) in [4.78, 5) is 11.4. The second kappa shape index (κ2) is 7.07. The maximum Gasteiger partial charge on any atom is 0.277 e. The van der Waals surface area contributed by atoms with Crippen LogP contribution in [-0.4, -0.2) is 18.2 Å². The summed E-state index contributed by atoms with van der Waals surface area (Å²) in [7, 11) is 0. The summed E-state index contributed by atoms with van der Waals surface area (Å²) in [5, 5.41) is 12.5. The van der Waals surface area contributed by atoms with E-state index < -0.39 is 0 Å². The van der Waals surface area contributed by atoms with E-state index in [0.29, 0.717) is 11.3 Å². The van der Waals surface area contributed by atoms with Gasteiger partial charge in [0.25, 0.3) is 5.91 Å². The maximum absolute atomic E-state index is 11.4. The van der Waals surface area contributed by atoms with E-state index in [1.807, 2.05) is 19.9 Å². The van der Waals surface area contributed by atoms with Crippen molar-refractivity contribution in [2.24, 2.45) is 5.10 Å². The van der Waals surface area contributed by atoms with Gasteiger partial charge in [-0.25, -0.2) is 5.43 Å². The summed E-state index contributed by atoms with van der Waals surface area (Å²) in [5.41, 5.74) is 3.80. The van der Waals surface area contributed by atoms with Gasteiger partial charge in [-0.1, -0.05) is 6.92 Å². The molecule has 0 heterocycles. The summed E-state index contributed by atoms with van der Waals surface area (Å²) < 4.78 is 5.24. The van der Waals surface area contributed by atoms with Gasteiger partial charge in [-0.15, -0.1) is 0 Å². The SMILES string of the molecule is CC/C(C)=N\NC(=O)COc1ccc(C#N)cc1. The highest BCUT2D eigenvalue weighted by Gasteiger charge is 2.01. The van der Waals surface area contributed by atoms with E-state index in [0.717, 1.165) is 12.1 Å². The van der Waals surface area contributed by atoms with Gasteiger partial charge in [0, 0.05) is 5.71 Å². The Balaban J connectivity index is 2.40. The Hall–Kier alpha value is -2.35. The van der Waals surface area contributed by atoms with Gasteiger partial charge >= 0.3 is 0 Å². The number of ether oxygens (including phenoxy) is 1. The molecule has 1 amide bonds. The first-order valence-electron chi connectivity index (χ1n) is 5.60. The fraction of sp³-hybridized carbons (Fsp3) is 0.308. The van der Waals surface area contributed by atoms with E-state index in [-0.39, 0.29) is 12.5 Å². The average molecular weight is 245 g/mol. The first kappa shape index (κ1) is 13.7. The molecule has 5 heteroatoms. The molecular formula is C13H15N3O2. The standard InChI is InChI=1S/C13H15N3O2/c1-3-10(2)15-16-13(17)9-18-12-6-4-11(8-14)5-7-12/h4-7H,3,9H2,1-2H3,(H,16,17)/b15-10-. The third kappa shape index (κ3) is 4.66. The minimum absolute atomic E-state index is 0.105. The van der Waals surface area contributed by atoms with Crippen LogP contribution in [0.2, 0.25) is 0 Å². The molecule has 0 aliphatic heterocycles. The summed E-state index contributed by atoms with van der Waals surface area (Å²) >= 11 is 0. The van der Waals surface area contributed by atoms with Gasteiger partial charge in [0.05, 0.1) is 11.6 Å². The van der Waals surface area contributed by atoms with Crippen LogP contribution in [0, 0.1) is 11.3 Å². The van der Waals surface area contributed by atoms with Crippen molar-refractivity contribution >= 4 is 11.6 Å². The third-order valence-electron chi connectivity index (χ3n) is 2.24. The largest absolute Gasteiger partial charge is 0.484 e. The summed E-state index contributed by atoms with van der Waals surface area (Å²) in [6.45, 7) is 3.69. The Morgan fingerprint density at radius 2 is 2.11 bits per heavy atom. The summed E-state index contributed by atoms with van der Waals surface area (Å²) in [6, 6.07) is 8.56. The van der Waals surface area contributed by atoms with Crippen LogP contribution in [0.15, 0.2) is 29.4 Å². The highest BCUT2D eigenvalue weighted by Crippen LogP contribution is 2.11. The Morgan fingerprint density at radius 3 is 2.67 bits per heavy atom. The van der Waals surface area contributed by atoms with Crippen LogP contribution in [0.25, 0.3) is 0 Å². The number of carbonyl (C=O) groups excluding carboxylic acids is 1. The van der Waals surface area contributed by atoms with Crippen molar-refractivity contribution in [2.45, 2.75) is 20.3 Å². The zero-order valence-electron chi connectivity index (χ0n) is 10.4. The lowest BCUT2D eigenvalue weighted by Crippen LogP contribution is -2.25. The van der Waals surface area contributed by atoms with Crippen LogP contribution in [0.3, 0.4) is 0 Å². The van der Waals surface area contributed by atoms with Crippen LogP contribution in [-0.2, 0) is 4.79 Å². The van der Waals surface area contributed by atoms with Crippen LogP contribution in [0.4, 0.5) is 0 Å². The van der Waals surface area contributed by atoms with Gasteiger partial charge in [0.15, 0.2) is 6.61 Å². The summed E-state index contributed by atoms with van der Waals surface area (Å²) in [6.07, 6.45) is 0.788. The van der Waals surface area contributed by atoms with Gasteiger partial charge in [0.1, 0.15) is 5.75 Å². The molecule has 0 bridgehead atoms. The zero-order valence-corrected chi connectivity index (χ0v) is 10.4. The van der Waals surface area contributed by atoms with E-state index in [9.17, 15) is 4.79 Å². The molecule has 0 atom stereocenters. The van der Waals surface area contributed by atoms with Crippen molar-refractivity contribution in [1.82, 2.24) is 5.43 Å². The number of hydrogen-bond donors (Lipinski definition) is 1. The van der Waals surface area contributed by atoms with Gasteiger partial charge in [-0.3, -0.25) is 4.79 Å². The molecule has 0 saturated carbocycles. The van der Waals surface area contributed by atoms with E-state index in [4.69, 9.17) is 10.00 Å². The van der Waals surface area contributed by atoms with Crippen LogP contribution < -0.4 is 10.2 Å². The lowest BCUT2D eigenvalue weighted by Gasteiger charge is -2.05. The number of nitriles is 1. The van der Waals surface area contributed by atoms with Crippen molar-refractivity contribution < 1.29 is 9.53 Å². The quantitative estimate of drug-likeness (QED) is 0.635. The monoisotopic (exact) mass is 245 g/mol. The smallest absolute Gasteiger partial charge is 0.277 e. The Morgan fingerprint density at radius 1 is 1.44 bits per heavy atom. The van der Waals surface area contributed by atoms with Crippen LogP contribution in [0.5, 0.6) is 5.75 Å². The molecule has 1 aromatic rings. The van der Waals surface area contributed by atoms with Gasteiger partial charge in [-0.2, -0.15) is 10.4 Å². The molecule has 0 unspecified atom stereocenters. The average Bonchev–Trinajstić information content (AvgIpc) is 2.42. The molecule has 18 heavy (non-hydrogen) atoms. The van der Waals surface area contributed by atoms with E-state index >= 15 is 0 Å². The van der Waals surface area contributed by atoms with Crippen molar-refractivity contribution in [1.29, 1.82) is 5.26 Å². The molecular weight excluding hydrogens is 230 g/mol. The fourth-order valence-corrected chi connectivity index (χ4v) is 1.04. The number of rotatable bonds is 5. The predicted octanol–water partition coefficient (Wildman–Crippen LogP) is 1.84. The second-order valence-electron chi connectivity index (χ2n) is 3.66. The van der Waals surface area contributed by atoms with Gasteiger partial charge in [0.2, 0.25) is 0 Å². The molecule has 0 aliphatic rings. The molecule has 1 rings (SSSR count). The Kier molecular flexibility index (Phi) is 5.39. The number of hydrogen-bond acceptors (Lipinski definition) is 4. The number of nitrogens with one attached hydrogen (secondary N) is 1. The van der Waals surface area contributed by atoms with Crippen molar-refractivity contribution in [3.8, 4) is 11.8 Å². The van der Waals surface area contributed by atoms with Crippen LogP contribution >= 0.6 is 0 Å². The Bertz CT molecular complexity index is 472. The minimum Gasteiger partial charge on any atom is -0.484 e. The molecule has 1 N–H and O–H groups in total. The highest BCUT2D eigenvalue weighted by molar-refractivity contribution is 5.84. The number of amides is 1. The number of carbonyl (C=O) groups is 1. The molecule has 0 saturated heterocycles. The van der Waals surface area contributed by atoms with Crippen molar-refractivity contribution in [3.05, 3.63) is 29.8 Å². The molecule has 1 aromatic carbocycles. The van der Waals surface area contributed by atoms with E-state index in [1.165, 1.54) is 0 Å². The Labute approximate surface area is 106 Å². The third-order valence-corrected chi connectivity index (χ3v) is 2.24. The van der Waals surface area contributed by atoms with Gasteiger partial charge in [-0.05, 0) is 37.6 Å². The molecule has 5 nitrogen and oxygen atoms in total. The van der Waals surface area contributed by atoms with Crippen LogP contribution in [0.1, 0.15) is 25.8 Å². The topological polar surface area (TPSA) is 74.5 Å². The van der Waals surface area contributed by atoms with Gasteiger partial charge < -0.3 is 4.74 Å². The number of benzene rings is 1. The highest BCUT2D eigenvalue weighted by atomic mass is 16.5. The molecule has 94 valence electrons. The number of hydrazone groups is 1. The first-order chi connectivity index (χ1) is 8.65. The molecule has 0 aromatic heterocycles. The molecule has 0 fully saturated rings. The maximum atomic E-state index is 11.4. The zero-order chi connectivity index (χ0) is 13.4. The molecule has 0 spiro atoms. The number of nitrogens with zero attached hydrogens (tertiary/aromatic N) is 2. The fourth-order valence-electron chi connectivity index (χ4n) is 1.04. The second-order valence-corrected chi connectivity index (χ2v) is 3.66. The first-order valence-corrected chi connectivity index (χ1v) is 5.60. The molecule has 0 radical (unpaired) electrons. The summed E-state index contributed by atoms with van der Waals surface area (Å²) in [5.74, 6) is 0.229. The normalized spacial score (nSPS) is 10.6. The lowest BCUT2D eigenvalue weighted by molar-refractivity contribution is -0.123.